The average Bonchev–Trinajstić information content (AvgIpc) is 2.22. The zero-order valence-electron chi connectivity index (χ0n) is 9.64. The first-order chi connectivity index (χ1) is 7.93. The molecule has 0 aliphatic carbocycles. The first-order valence-corrected chi connectivity index (χ1v) is 5.31. The standard InChI is InChI=1S/C10H14ClN3O3/c1-13(2)5-6-17-10-7(11)3-4-8(12)9(10)14(15)16/h3-4H,5-6,12H2,1-2H3. The maximum atomic E-state index is 10.9. The Morgan fingerprint density at radius 2 is 2.18 bits per heavy atom. The van der Waals surface area contributed by atoms with E-state index in [2.05, 4.69) is 0 Å². The predicted octanol–water partition coefficient (Wildman–Crippen LogP) is 1.77. The quantitative estimate of drug-likeness (QED) is 0.495. The highest BCUT2D eigenvalue weighted by Crippen LogP contribution is 2.39. The molecule has 0 bridgehead atoms. The number of rotatable bonds is 5. The normalized spacial score (nSPS) is 10.6. The van der Waals surface area contributed by atoms with Crippen LogP contribution in [0.5, 0.6) is 5.75 Å². The second-order valence-electron chi connectivity index (χ2n) is 3.72. The van der Waals surface area contributed by atoms with Gasteiger partial charge in [-0.15, -0.1) is 0 Å². The summed E-state index contributed by atoms with van der Waals surface area (Å²) in [6, 6.07) is 2.87. The molecule has 1 rings (SSSR count). The Labute approximate surface area is 104 Å². The monoisotopic (exact) mass is 259 g/mol. The minimum Gasteiger partial charge on any atom is -0.484 e. The molecule has 1 aromatic carbocycles. The number of likely N-dealkylation sites (N-methyl/N-ethyl adjacent to an activating group) is 1. The molecule has 0 fully saturated rings. The van der Waals surface area contributed by atoms with Crippen LogP contribution in [0.4, 0.5) is 11.4 Å². The molecule has 7 heteroatoms. The van der Waals surface area contributed by atoms with Gasteiger partial charge in [-0.05, 0) is 26.2 Å². The Kier molecular flexibility index (Phi) is 4.53. The minimum absolute atomic E-state index is 0.0264. The van der Waals surface area contributed by atoms with Crippen LogP contribution in [-0.4, -0.2) is 37.1 Å². The maximum absolute atomic E-state index is 10.9. The molecule has 17 heavy (non-hydrogen) atoms. The van der Waals surface area contributed by atoms with Crippen LogP contribution in [0.15, 0.2) is 12.1 Å². The summed E-state index contributed by atoms with van der Waals surface area (Å²) in [4.78, 5) is 12.2. The van der Waals surface area contributed by atoms with Gasteiger partial charge in [0.15, 0.2) is 0 Å². The first kappa shape index (κ1) is 13.5. The lowest BCUT2D eigenvalue weighted by Gasteiger charge is -2.12. The average molecular weight is 260 g/mol. The van der Waals surface area contributed by atoms with E-state index >= 15 is 0 Å². The third-order valence-electron chi connectivity index (χ3n) is 2.08. The number of nitrogen functional groups attached to an aromatic ring is 1. The van der Waals surface area contributed by atoms with Crippen molar-refractivity contribution in [3.8, 4) is 5.75 Å². The van der Waals surface area contributed by atoms with Crippen molar-refractivity contribution in [2.75, 3.05) is 33.0 Å². The molecule has 6 nitrogen and oxygen atoms in total. The molecule has 94 valence electrons. The summed E-state index contributed by atoms with van der Waals surface area (Å²) < 4.78 is 5.33. The fourth-order valence-corrected chi connectivity index (χ4v) is 1.42. The Morgan fingerprint density at radius 1 is 1.53 bits per heavy atom. The van der Waals surface area contributed by atoms with Crippen molar-refractivity contribution < 1.29 is 9.66 Å². The number of nitrogens with two attached hydrogens (primary N) is 1. The Bertz CT molecular complexity index is 424. The molecule has 0 unspecified atom stereocenters. The van der Waals surface area contributed by atoms with Crippen molar-refractivity contribution in [2.24, 2.45) is 0 Å². The molecule has 0 aromatic heterocycles. The third kappa shape index (κ3) is 3.47. The summed E-state index contributed by atoms with van der Waals surface area (Å²) in [7, 11) is 3.75. The second kappa shape index (κ2) is 5.70. The van der Waals surface area contributed by atoms with Crippen LogP contribution in [0, 0.1) is 10.1 Å². The van der Waals surface area contributed by atoms with E-state index in [0.717, 1.165) is 0 Å². The highest BCUT2D eigenvalue weighted by molar-refractivity contribution is 6.32. The molecule has 0 saturated heterocycles. The summed E-state index contributed by atoms with van der Waals surface area (Å²) in [5.74, 6) is 0.0264. The van der Waals surface area contributed by atoms with E-state index in [1.54, 1.807) is 0 Å². The fraction of sp³-hybridized carbons (Fsp3) is 0.400. The van der Waals surface area contributed by atoms with Gasteiger partial charge in [-0.3, -0.25) is 10.1 Å². The van der Waals surface area contributed by atoms with Crippen molar-refractivity contribution in [1.82, 2.24) is 4.90 Å². The van der Waals surface area contributed by atoms with E-state index in [0.29, 0.717) is 13.2 Å². The lowest BCUT2D eigenvalue weighted by atomic mass is 10.2. The summed E-state index contributed by atoms with van der Waals surface area (Å²) in [5, 5.41) is 11.1. The SMILES string of the molecule is CN(C)CCOc1c(Cl)ccc(N)c1[N+](=O)[O-]. The molecule has 0 amide bonds. The summed E-state index contributed by atoms with van der Waals surface area (Å²) >= 11 is 5.86. The minimum atomic E-state index is -0.591. The largest absolute Gasteiger partial charge is 0.484 e. The summed E-state index contributed by atoms with van der Waals surface area (Å²) in [5.41, 5.74) is 5.29. The van der Waals surface area contributed by atoms with E-state index in [1.807, 2.05) is 19.0 Å². The number of nitro groups is 1. The summed E-state index contributed by atoms with van der Waals surface area (Å²) in [6.45, 7) is 0.930. The van der Waals surface area contributed by atoms with Crippen molar-refractivity contribution in [3.63, 3.8) is 0 Å². The van der Waals surface area contributed by atoms with Crippen LogP contribution in [0.3, 0.4) is 0 Å². The van der Waals surface area contributed by atoms with Crippen LogP contribution in [0.2, 0.25) is 5.02 Å². The van der Waals surface area contributed by atoms with E-state index in [9.17, 15) is 10.1 Å². The van der Waals surface area contributed by atoms with Crippen LogP contribution in [-0.2, 0) is 0 Å². The predicted molar refractivity (Wildman–Crippen MR) is 66.6 cm³/mol. The van der Waals surface area contributed by atoms with E-state index < -0.39 is 4.92 Å². The molecule has 0 spiro atoms. The van der Waals surface area contributed by atoms with Crippen LogP contribution in [0.25, 0.3) is 0 Å². The number of halogens is 1. The molecule has 2 N–H and O–H groups in total. The Hall–Kier alpha value is -1.53. The van der Waals surface area contributed by atoms with Crippen molar-refractivity contribution in [2.45, 2.75) is 0 Å². The topological polar surface area (TPSA) is 81.6 Å². The molecule has 0 radical (unpaired) electrons. The van der Waals surface area contributed by atoms with E-state index in [4.69, 9.17) is 22.1 Å². The molecule has 0 saturated carbocycles. The van der Waals surface area contributed by atoms with Gasteiger partial charge in [0.1, 0.15) is 12.3 Å². The van der Waals surface area contributed by atoms with Crippen LogP contribution in [0.1, 0.15) is 0 Å². The third-order valence-corrected chi connectivity index (χ3v) is 2.38. The highest BCUT2D eigenvalue weighted by atomic mass is 35.5. The lowest BCUT2D eigenvalue weighted by Crippen LogP contribution is -2.19. The number of nitro benzene ring substituents is 1. The molecule has 0 aliphatic rings. The molecule has 0 atom stereocenters. The number of benzene rings is 1. The number of hydrogen-bond acceptors (Lipinski definition) is 5. The zero-order chi connectivity index (χ0) is 13.0. The fourth-order valence-electron chi connectivity index (χ4n) is 1.22. The van der Waals surface area contributed by atoms with E-state index in [-0.39, 0.29) is 22.1 Å². The van der Waals surface area contributed by atoms with Gasteiger partial charge in [-0.1, -0.05) is 11.6 Å². The maximum Gasteiger partial charge on any atom is 0.335 e. The molecule has 1 aromatic rings. The smallest absolute Gasteiger partial charge is 0.335 e. The van der Waals surface area contributed by atoms with Gasteiger partial charge < -0.3 is 15.4 Å². The molecular weight excluding hydrogens is 246 g/mol. The highest BCUT2D eigenvalue weighted by Gasteiger charge is 2.22. The van der Waals surface area contributed by atoms with Gasteiger partial charge in [0.05, 0.1) is 9.95 Å². The number of nitrogens with zero attached hydrogens (tertiary/aromatic N) is 2. The summed E-state index contributed by atoms with van der Waals surface area (Å²) in [6.07, 6.45) is 0. The lowest BCUT2D eigenvalue weighted by molar-refractivity contribution is -0.384. The van der Waals surface area contributed by atoms with Gasteiger partial charge in [0, 0.05) is 6.54 Å². The van der Waals surface area contributed by atoms with Gasteiger partial charge in [0.25, 0.3) is 0 Å². The Morgan fingerprint density at radius 3 is 2.71 bits per heavy atom. The van der Waals surface area contributed by atoms with Gasteiger partial charge in [0.2, 0.25) is 5.75 Å². The Balaban J connectivity index is 2.96. The molecule has 0 aliphatic heterocycles. The van der Waals surface area contributed by atoms with Gasteiger partial charge in [-0.2, -0.15) is 0 Å². The van der Waals surface area contributed by atoms with Crippen LogP contribution >= 0.6 is 11.6 Å². The number of ether oxygens (including phenoxy) is 1. The van der Waals surface area contributed by atoms with E-state index in [1.165, 1.54) is 12.1 Å². The zero-order valence-corrected chi connectivity index (χ0v) is 10.4. The van der Waals surface area contributed by atoms with Gasteiger partial charge >= 0.3 is 5.69 Å². The number of hydrogen-bond donors (Lipinski definition) is 1. The first-order valence-electron chi connectivity index (χ1n) is 4.93. The number of anilines is 1. The van der Waals surface area contributed by atoms with Crippen molar-refractivity contribution in [3.05, 3.63) is 27.3 Å². The van der Waals surface area contributed by atoms with Crippen molar-refractivity contribution in [1.29, 1.82) is 0 Å². The second-order valence-corrected chi connectivity index (χ2v) is 4.13. The van der Waals surface area contributed by atoms with Crippen molar-refractivity contribution >= 4 is 23.0 Å². The molecule has 0 heterocycles. The van der Waals surface area contributed by atoms with Crippen LogP contribution < -0.4 is 10.5 Å². The van der Waals surface area contributed by atoms with Gasteiger partial charge in [-0.25, -0.2) is 0 Å². The molecular formula is C10H14ClN3O3.